The lowest BCUT2D eigenvalue weighted by Gasteiger charge is -2.23. The minimum absolute atomic E-state index is 0.581. The Morgan fingerprint density at radius 2 is 1.72 bits per heavy atom. The lowest BCUT2D eigenvalue weighted by molar-refractivity contribution is 0.107. The van der Waals surface area contributed by atoms with Gasteiger partial charge in [-0.3, -0.25) is 5.10 Å². The molecule has 0 aliphatic carbocycles. The van der Waals surface area contributed by atoms with Crippen LogP contribution in [-0.4, -0.2) is 37.1 Å². The van der Waals surface area contributed by atoms with E-state index in [1.165, 1.54) is 11.3 Å². The number of fused-ring (bicyclic) bond motifs is 1. The van der Waals surface area contributed by atoms with Crippen molar-refractivity contribution >= 4 is 27.9 Å². The predicted molar refractivity (Wildman–Crippen MR) is 123 cm³/mol. The summed E-state index contributed by atoms with van der Waals surface area (Å²) in [4.78, 5) is 0.670. The highest BCUT2D eigenvalue weighted by Gasteiger charge is 2.29. The molecular weight excluding hydrogens is 448 g/mol. The highest BCUT2D eigenvalue weighted by molar-refractivity contribution is 7.16. The van der Waals surface area contributed by atoms with Crippen molar-refractivity contribution in [1.82, 2.24) is 30.0 Å². The topological polar surface area (TPSA) is 90.2 Å². The summed E-state index contributed by atoms with van der Waals surface area (Å²) < 4.78 is 13.1. The van der Waals surface area contributed by atoms with E-state index in [0.717, 1.165) is 27.7 Å². The van der Waals surface area contributed by atoms with Gasteiger partial charge in [-0.2, -0.15) is 14.7 Å². The van der Waals surface area contributed by atoms with Crippen LogP contribution in [0.3, 0.4) is 0 Å². The largest absolute Gasteiger partial charge is 0.497 e. The maximum Gasteiger partial charge on any atom is 0.235 e. The molecule has 0 fully saturated rings. The highest BCUT2D eigenvalue weighted by Crippen LogP contribution is 2.33. The van der Waals surface area contributed by atoms with E-state index in [1.807, 2.05) is 56.3 Å². The Hall–Kier alpha value is -3.43. The molecule has 162 valence electrons. The fraction of sp³-hybridized carbons (Fsp3) is 0.182. The van der Waals surface area contributed by atoms with Gasteiger partial charge in [-0.1, -0.05) is 22.9 Å². The maximum absolute atomic E-state index is 6.17. The Labute approximate surface area is 192 Å². The average Bonchev–Trinajstić information content (AvgIpc) is 3.51. The molecule has 0 saturated carbocycles. The number of methoxy groups -OCH3 is 1. The van der Waals surface area contributed by atoms with Crippen LogP contribution in [0.5, 0.6) is 11.5 Å². The van der Waals surface area contributed by atoms with Gasteiger partial charge in [-0.05, 0) is 68.4 Å². The molecule has 0 aliphatic rings. The molecule has 1 N–H and O–H groups in total. The van der Waals surface area contributed by atoms with E-state index in [9.17, 15) is 0 Å². The van der Waals surface area contributed by atoms with Crippen molar-refractivity contribution in [2.24, 2.45) is 0 Å². The number of ether oxygens (including phenoxy) is 2. The van der Waals surface area contributed by atoms with Crippen molar-refractivity contribution in [3.05, 3.63) is 64.6 Å². The monoisotopic (exact) mass is 466 g/mol. The van der Waals surface area contributed by atoms with Crippen molar-refractivity contribution in [1.29, 1.82) is 0 Å². The number of benzene rings is 2. The van der Waals surface area contributed by atoms with Gasteiger partial charge >= 0.3 is 0 Å². The lowest BCUT2D eigenvalue weighted by Crippen LogP contribution is -2.25. The van der Waals surface area contributed by atoms with E-state index in [-0.39, 0.29) is 0 Å². The third-order valence-electron chi connectivity index (χ3n) is 4.90. The molecule has 0 atom stereocenters. The summed E-state index contributed by atoms with van der Waals surface area (Å²) in [6.07, 6.45) is 0. The third kappa shape index (κ3) is 3.80. The van der Waals surface area contributed by atoms with Gasteiger partial charge < -0.3 is 9.47 Å². The molecule has 0 amide bonds. The third-order valence-corrected chi connectivity index (χ3v) is 6.35. The molecular formula is C22H19ClN6O2S. The summed E-state index contributed by atoms with van der Waals surface area (Å²) in [6, 6.07) is 16.9. The lowest BCUT2D eigenvalue weighted by atomic mass is 10.1. The first-order valence-corrected chi connectivity index (χ1v) is 11.0. The van der Waals surface area contributed by atoms with Crippen LogP contribution in [-0.2, 0) is 5.60 Å². The Morgan fingerprint density at radius 1 is 1.00 bits per heavy atom. The zero-order valence-electron chi connectivity index (χ0n) is 17.5. The van der Waals surface area contributed by atoms with Crippen LogP contribution in [0.1, 0.15) is 18.9 Å². The van der Waals surface area contributed by atoms with Gasteiger partial charge in [-0.15, -0.1) is 10.2 Å². The molecule has 2 aromatic carbocycles. The minimum Gasteiger partial charge on any atom is -0.497 e. The molecule has 0 saturated heterocycles. The molecule has 5 rings (SSSR count). The Balaban J connectivity index is 1.44. The molecule has 0 bridgehead atoms. The minimum atomic E-state index is -0.668. The number of H-pyrrole nitrogens is 1. The molecule has 10 heteroatoms. The van der Waals surface area contributed by atoms with Crippen molar-refractivity contribution in [3.8, 4) is 34.3 Å². The summed E-state index contributed by atoms with van der Waals surface area (Å²) in [7, 11) is 1.64. The standard InChI is InChI=1S/C22H19ClN6O2S/c1-22(2,31-16-10-6-14(23)7-11-16)20-28-29-19(26-27-21(29)32-20)18-12-17(24-25-18)13-4-8-15(30-3)9-5-13/h4-12H,1-3H3,(H,24,25). The molecule has 0 radical (unpaired) electrons. The molecule has 32 heavy (non-hydrogen) atoms. The van der Waals surface area contributed by atoms with Crippen molar-refractivity contribution in [3.63, 3.8) is 0 Å². The van der Waals surface area contributed by atoms with Gasteiger partial charge in [0, 0.05) is 10.6 Å². The zero-order valence-corrected chi connectivity index (χ0v) is 19.1. The van der Waals surface area contributed by atoms with E-state index in [0.29, 0.717) is 21.6 Å². The average molecular weight is 467 g/mol. The van der Waals surface area contributed by atoms with Crippen LogP contribution in [0.4, 0.5) is 0 Å². The summed E-state index contributed by atoms with van der Waals surface area (Å²) in [5.74, 6) is 2.09. The number of halogens is 1. The van der Waals surface area contributed by atoms with Gasteiger partial charge in [0.2, 0.25) is 10.8 Å². The van der Waals surface area contributed by atoms with Crippen LogP contribution in [0.2, 0.25) is 5.02 Å². The number of aromatic nitrogens is 6. The van der Waals surface area contributed by atoms with Crippen molar-refractivity contribution < 1.29 is 9.47 Å². The highest BCUT2D eigenvalue weighted by atomic mass is 35.5. The fourth-order valence-electron chi connectivity index (χ4n) is 3.22. The molecule has 8 nitrogen and oxygen atoms in total. The number of nitrogens with one attached hydrogen (secondary N) is 1. The van der Waals surface area contributed by atoms with Crippen LogP contribution in [0, 0.1) is 0 Å². The second-order valence-corrected chi connectivity index (χ2v) is 8.98. The van der Waals surface area contributed by atoms with Gasteiger partial charge in [0.1, 0.15) is 17.2 Å². The molecule has 3 heterocycles. The SMILES string of the molecule is COc1ccc(-c2cc(-c3nnc4sc(C(C)(C)Oc5ccc(Cl)cc5)nn34)[nH]n2)cc1. The Morgan fingerprint density at radius 3 is 2.44 bits per heavy atom. The normalized spacial score (nSPS) is 11.8. The van der Waals surface area contributed by atoms with Crippen molar-refractivity contribution in [2.75, 3.05) is 7.11 Å². The van der Waals surface area contributed by atoms with Gasteiger partial charge in [-0.25, -0.2) is 0 Å². The smallest absolute Gasteiger partial charge is 0.235 e. The Bertz CT molecular complexity index is 1370. The molecule has 0 spiro atoms. The summed E-state index contributed by atoms with van der Waals surface area (Å²) in [6.45, 7) is 3.93. The van der Waals surface area contributed by atoms with Crippen molar-refractivity contribution in [2.45, 2.75) is 19.4 Å². The molecule has 0 aliphatic heterocycles. The summed E-state index contributed by atoms with van der Waals surface area (Å²) in [5.41, 5.74) is 1.81. The maximum atomic E-state index is 6.17. The molecule has 0 unspecified atom stereocenters. The van der Waals surface area contributed by atoms with E-state index >= 15 is 0 Å². The van der Waals surface area contributed by atoms with Gasteiger partial charge in [0.25, 0.3) is 0 Å². The second kappa shape index (κ2) is 7.92. The fourth-order valence-corrected chi connectivity index (χ4v) is 4.22. The van der Waals surface area contributed by atoms with E-state index in [2.05, 4.69) is 20.4 Å². The first kappa shape index (κ1) is 20.5. The van der Waals surface area contributed by atoms with Gasteiger partial charge in [0.15, 0.2) is 10.6 Å². The van der Waals surface area contributed by atoms with E-state index in [4.69, 9.17) is 26.2 Å². The number of aromatic amines is 1. The van der Waals surface area contributed by atoms with E-state index in [1.54, 1.807) is 23.8 Å². The van der Waals surface area contributed by atoms with Crippen LogP contribution >= 0.6 is 22.9 Å². The quantitative estimate of drug-likeness (QED) is 0.369. The first-order valence-electron chi connectivity index (χ1n) is 9.80. The first-order chi connectivity index (χ1) is 15.4. The van der Waals surface area contributed by atoms with Gasteiger partial charge in [0.05, 0.1) is 12.8 Å². The summed E-state index contributed by atoms with van der Waals surface area (Å²) in [5, 5.41) is 22.2. The van der Waals surface area contributed by atoms with Crippen LogP contribution < -0.4 is 9.47 Å². The molecule has 3 aromatic heterocycles. The number of rotatable bonds is 6. The number of hydrogen-bond acceptors (Lipinski definition) is 7. The molecule has 5 aromatic rings. The second-order valence-electron chi connectivity index (χ2n) is 7.59. The predicted octanol–water partition coefficient (Wildman–Crippen LogP) is 5.22. The van der Waals surface area contributed by atoms with Crippen LogP contribution in [0.15, 0.2) is 54.6 Å². The number of hydrogen-bond donors (Lipinski definition) is 1. The number of nitrogens with zero attached hydrogens (tertiary/aromatic N) is 5. The van der Waals surface area contributed by atoms with E-state index < -0.39 is 5.60 Å². The summed E-state index contributed by atoms with van der Waals surface area (Å²) >= 11 is 7.40. The van der Waals surface area contributed by atoms with Crippen LogP contribution in [0.25, 0.3) is 27.7 Å². The zero-order chi connectivity index (χ0) is 22.3. The Kier molecular flexibility index (Phi) is 5.07.